The number of hydrogen-bond acceptors (Lipinski definition) is 6. The SMILES string of the molecule is CCCC[C@]1(CC)CS(=O)(=O)c2cc(OCCOCCOCC[N+](C)(C)C)ccc2[C@@H](c2ccccc2)[C@H]1O. The van der Waals surface area contributed by atoms with Crippen LogP contribution in [0.4, 0.5) is 0 Å². The topological polar surface area (TPSA) is 82.1 Å². The van der Waals surface area contributed by atoms with Gasteiger partial charge in [-0.25, -0.2) is 8.42 Å². The molecule has 0 aromatic heterocycles. The summed E-state index contributed by atoms with van der Waals surface area (Å²) in [5.41, 5.74) is 0.829. The first-order chi connectivity index (χ1) is 18.5. The Morgan fingerprint density at radius 2 is 1.62 bits per heavy atom. The highest BCUT2D eigenvalue weighted by Gasteiger charge is 2.48. The van der Waals surface area contributed by atoms with Gasteiger partial charge in [0.15, 0.2) is 9.84 Å². The molecule has 8 heteroatoms. The maximum atomic E-state index is 13.9. The van der Waals surface area contributed by atoms with Gasteiger partial charge in [0.2, 0.25) is 0 Å². The minimum absolute atomic E-state index is 0.0747. The van der Waals surface area contributed by atoms with Crippen LogP contribution in [0.1, 0.15) is 56.6 Å². The molecule has 0 radical (unpaired) electrons. The zero-order valence-corrected chi connectivity index (χ0v) is 25.2. The van der Waals surface area contributed by atoms with Gasteiger partial charge in [0.05, 0.1) is 64.3 Å². The molecule has 0 unspecified atom stereocenters. The molecule has 3 rings (SSSR count). The summed E-state index contributed by atoms with van der Waals surface area (Å²) in [6.45, 7) is 7.40. The monoisotopic (exact) mass is 562 g/mol. The minimum Gasteiger partial charge on any atom is -0.491 e. The van der Waals surface area contributed by atoms with Gasteiger partial charge >= 0.3 is 0 Å². The Hall–Kier alpha value is -1.97. The lowest BCUT2D eigenvalue weighted by molar-refractivity contribution is -0.870. The van der Waals surface area contributed by atoms with Crippen molar-refractivity contribution in [3.8, 4) is 5.75 Å². The van der Waals surface area contributed by atoms with Crippen LogP contribution in [0.25, 0.3) is 0 Å². The third kappa shape index (κ3) is 8.51. The number of ether oxygens (including phenoxy) is 3. The number of aliphatic hydroxyl groups excluding tert-OH is 1. The van der Waals surface area contributed by atoms with Crippen LogP contribution in [0.2, 0.25) is 0 Å². The fourth-order valence-electron chi connectivity index (χ4n) is 5.33. The smallest absolute Gasteiger partial charge is 0.179 e. The lowest BCUT2D eigenvalue weighted by Crippen LogP contribution is -2.42. The van der Waals surface area contributed by atoms with Gasteiger partial charge in [-0.2, -0.15) is 0 Å². The Balaban J connectivity index is 1.75. The molecular weight excluding hydrogens is 514 g/mol. The first kappa shape index (κ1) is 31.6. The van der Waals surface area contributed by atoms with Crippen molar-refractivity contribution in [2.45, 2.75) is 56.4 Å². The maximum Gasteiger partial charge on any atom is 0.179 e. The normalized spacial score (nSPS) is 22.7. The number of sulfone groups is 1. The molecule has 1 heterocycles. The summed E-state index contributed by atoms with van der Waals surface area (Å²) in [7, 11) is 2.71. The van der Waals surface area contributed by atoms with Crippen molar-refractivity contribution in [2.75, 3.05) is 66.5 Å². The number of benzene rings is 2. The van der Waals surface area contributed by atoms with Crippen molar-refractivity contribution in [1.82, 2.24) is 0 Å². The van der Waals surface area contributed by atoms with E-state index in [1.165, 1.54) is 0 Å². The van der Waals surface area contributed by atoms with Gasteiger partial charge in [-0.05, 0) is 36.1 Å². The molecule has 0 spiro atoms. The van der Waals surface area contributed by atoms with Crippen molar-refractivity contribution in [2.24, 2.45) is 5.41 Å². The number of fused-ring (bicyclic) bond motifs is 1. The van der Waals surface area contributed by atoms with Crippen LogP contribution in [-0.2, 0) is 19.3 Å². The fourth-order valence-corrected chi connectivity index (χ4v) is 7.62. The summed E-state index contributed by atoms with van der Waals surface area (Å²) in [6.07, 6.45) is 2.24. The number of unbranched alkanes of at least 4 members (excludes halogenated alkanes) is 1. The molecule has 7 nitrogen and oxygen atoms in total. The first-order valence-corrected chi connectivity index (χ1v) is 15.9. The molecule has 1 aliphatic rings. The van der Waals surface area contributed by atoms with Gasteiger partial charge < -0.3 is 23.8 Å². The quantitative estimate of drug-likeness (QED) is 0.251. The van der Waals surface area contributed by atoms with E-state index in [-0.39, 0.29) is 10.6 Å². The van der Waals surface area contributed by atoms with E-state index < -0.39 is 27.3 Å². The Morgan fingerprint density at radius 3 is 2.26 bits per heavy atom. The predicted molar refractivity (Wildman–Crippen MR) is 155 cm³/mol. The Bertz CT molecular complexity index is 1130. The molecule has 0 bridgehead atoms. The van der Waals surface area contributed by atoms with Gasteiger partial charge in [-0.3, -0.25) is 0 Å². The van der Waals surface area contributed by atoms with Crippen LogP contribution < -0.4 is 4.74 Å². The number of quaternary nitrogens is 1. The zero-order valence-electron chi connectivity index (χ0n) is 24.4. The third-order valence-electron chi connectivity index (χ3n) is 7.74. The third-order valence-corrected chi connectivity index (χ3v) is 9.72. The number of likely N-dealkylation sites (N-methyl/N-ethyl adjacent to an activating group) is 1. The molecule has 0 saturated heterocycles. The second-order valence-electron chi connectivity index (χ2n) is 11.7. The van der Waals surface area contributed by atoms with Crippen LogP contribution in [0.5, 0.6) is 5.75 Å². The van der Waals surface area contributed by atoms with Crippen LogP contribution in [-0.4, -0.2) is 90.6 Å². The van der Waals surface area contributed by atoms with Crippen LogP contribution >= 0.6 is 0 Å². The van der Waals surface area contributed by atoms with Crippen molar-refractivity contribution >= 4 is 9.84 Å². The first-order valence-electron chi connectivity index (χ1n) is 14.2. The highest BCUT2D eigenvalue weighted by Crippen LogP contribution is 2.49. The lowest BCUT2D eigenvalue weighted by atomic mass is 9.69. The molecule has 1 aliphatic heterocycles. The minimum atomic E-state index is -3.67. The van der Waals surface area contributed by atoms with Gasteiger partial charge in [0.25, 0.3) is 0 Å². The highest BCUT2D eigenvalue weighted by molar-refractivity contribution is 7.91. The van der Waals surface area contributed by atoms with E-state index in [9.17, 15) is 13.5 Å². The van der Waals surface area contributed by atoms with E-state index in [2.05, 4.69) is 28.1 Å². The van der Waals surface area contributed by atoms with Gasteiger partial charge in [-0.15, -0.1) is 0 Å². The molecule has 39 heavy (non-hydrogen) atoms. The van der Waals surface area contributed by atoms with E-state index in [1.54, 1.807) is 12.1 Å². The molecule has 1 N–H and O–H groups in total. The Labute approximate surface area is 235 Å². The molecule has 0 saturated carbocycles. The van der Waals surface area contributed by atoms with Crippen molar-refractivity contribution < 1.29 is 32.2 Å². The standard InChI is InChI=1S/C31H48NO6S/c1-6-8-16-31(7-2)24-39(34,35)28-23-26(38-22-21-37-20-19-36-18-17-32(3,4)5)14-15-27(28)29(30(31)33)25-12-10-9-11-13-25/h9-15,23,29-30,33H,6-8,16-22,24H2,1-5H3/q+1/t29-,30-,31-/m1/s1. The van der Waals surface area contributed by atoms with E-state index in [4.69, 9.17) is 14.2 Å². The summed E-state index contributed by atoms with van der Waals surface area (Å²) >= 11 is 0. The van der Waals surface area contributed by atoms with Crippen molar-refractivity contribution in [3.63, 3.8) is 0 Å². The van der Waals surface area contributed by atoms with E-state index in [0.29, 0.717) is 57.2 Å². The molecule has 2 aromatic rings. The van der Waals surface area contributed by atoms with E-state index in [1.807, 2.05) is 43.3 Å². The molecule has 0 amide bonds. The highest BCUT2D eigenvalue weighted by atomic mass is 32.2. The van der Waals surface area contributed by atoms with Crippen LogP contribution in [0, 0.1) is 5.41 Å². The Kier molecular flexibility index (Phi) is 11.4. The maximum absolute atomic E-state index is 13.9. The number of hydrogen-bond donors (Lipinski definition) is 1. The molecule has 2 aromatic carbocycles. The van der Waals surface area contributed by atoms with Crippen molar-refractivity contribution in [1.29, 1.82) is 0 Å². The van der Waals surface area contributed by atoms with E-state index >= 15 is 0 Å². The second-order valence-corrected chi connectivity index (χ2v) is 13.7. The molecular formula is C31H48NO6S+. The summed E-state index contributed by atoms with van der Waals surface area (Å²) in [5.74, 6) is -0.0296. The van der Waals surface area contributed by atoms with Crippen molar-refractivity contribution in [3.05, 3.63) is 59.7 Å². The van der Waals surface area contributed by atoms with Crippen LogP contribution in [0.3, 0.4) is 0 Å². The van der Waals surface area contributed by atoms with Gasteiger partial charge in [0, 0.05) is 11.3 Å². The summed E-state index contributed by atoms with van der Waals surface area (Å²) in [5, 5.41) is 11.9. The average molecular weight is 563 g/mol. The summed E-state index contributed by atoms with van der Waals surface area (Å²) < 4.78 is 45.7. The van der Waals surface area contributed by atoms with Gasteiger partial charge in [-0.1, -0.05) is 63.1 Å². The Morgan fingerprint density at radius 1 is 0.949 bits per heavy atom. The molecule has 3 atom stereocenters. The molecule has 218 valence electrons. The number of aliphatic hydroxyl groups is 1. The average Bonchev–Trinajstić information content (AvgIpc) is 2.97. The van der Waals surface area contributed by atoms with E-state index in [0.717, 1.165) is 29.4 Å². The second kappa shape index (κ2) is 14.1. The molecule has 0 fully saturated rings. The largest absolute Gasteiger partial charge is 0.491 e. The summed E-state index contributed by atoms with van der Waals surface area (Å²) in [6, 6.07) is 15.0. The van der Waals surface area contributed by atoms with Gasteiger partial charge in [0.1, 0.15) is 18.9 Å². The number of rotatable bonds is 15. The molecule has 0 aliphatic carbocycles. The predicted octanol–water partition coefficient (Wildman–Crippen LogP) is 4.67. The lowest BCUT2D eigenvalue weighted by Gasteiger charge is -2.39. The van der Waals surface area contributed by atoms with Crippen LogP contribution in [0.15, 0.2) is 53.4 Å². The summed E-state index contributed by atoms with van der Waals surface area (Å²) in [4.78, 5) is 0.256. The zero-order chi connectivity index (χ0) is 28.5. The fraction of sp³-hybridized carbons (Fsp3) is 0.613. The number of nitrogens with zero attached hydrogens (tertiary/aromatic N) is 1.